The highest BCUT2D eigenvalue weighted by Crippen LogP contribution is 2.40. The highest BCUT2D eigenvalue weighted by atomic mass is 19.1. The van der Waals surface area contributed by atoms with Gasteiger partial charge in [0.05, 0.1) is 6.54 Å². The molecule has 0 bridgehead atoms. The molecule has 1 aromatic rings. The van der Waals surface area contributed by atoms with E-state index in [2.05, 4.69) is 12.2 Å². The minimum Gasteiger partial charge on any atom is -0.322 e. The summed E-state index contributed by atoms with van der Waals surface area (Å²) in [4.78, 5) is 13.8. The first-order valence-electron chi connectivity index (χ1n) is 6.43. The fourth-order valence-corrected chi connectivity index (χ4v) is 2.60. The molecule has 0 aromatic heterocycles. The van der Waals surface area contributed by atoms with E-state index in [1.54, 1.807) is 12.1 Å². The Hall–Kier alpha value is -1.42. The first kappa shape index (κ1) is 11.7. The van der Waals surface area contributed by atoms with Gasteiger partial charge < -0.3 is 4.90 Å². The number of hydrogen-bond donors (Lipinski definition) is 1. The van der Waals surface area contributed by atoms with Crippen molar-refractivity contribution in [3.05, 3.63) is 35.6 Å². The van der Waals surface area contributed by atoms with E-state index in [4.69, 9.17) is 0 Å². The number of benzene rings is 1. The maximum Gasteiger partial charge on any atom is 0.238 e. The molecule has 3 unspecified atom stereocenters. The Morgan fingerprint density at radius 3 is 2.67 bits per heavy atom. The van der Waals surface area contributed by atoms with Crippen molar-refractivity contribution in [3.63, 3.8) is 0 Å². The standard InChI is InChI=1S/C14H17FN2O/c1-9-6-11(9)8-17-13(18)7-16-14(17)10-2-4-12(15)5-3-10/h2-5,9,11,14,16H,6-8H2,1H3. The molecule has 18 heavy (non-hydrogen) atoms. The molecule has 3 atom stereocenters. The Bertz CT molecular complexity index is 459. The topological polar surface area (TPSA) is 32.3 Å². The Morgan fingerprint density at radius 1 is 1.39 bits per heavy atom. The first-order valence-corrected chi connectivity index (χ1v) is 6.43. The maximum absolute atomic E-state index is 12.9. The lowest BCUT2D eigenvalue weighted by Crippen LogP contribution is -2.32. The summed E-state index contributed by atoms with van der Waals surface area (Å²) in [5.41, 5.74) is 0.954. The number of rotatable bonds is 3. The van der Waals surface area contributed by atoms with Gasteiger partial charge in [0.15, 0.2) is 0 Å². The molecule has 4 heteroatoms. The van der Waals surface area contributed by atoms with E-state index < -0.39 is 0 Å². The number of amides is 1. The number of carbonyl (C=O) groups is 1. The van der Waals surface area contributed by atoms with Crippen LogP contribution in [0.15, 0.2) is 24.3 Å². The van der Waals surface area contributed by atoms with Crippen molar-refractivity contribution in [1.82, 2.24) is 10.2 Å². The lowest BCUT2D eigenvalue weighted by molar-refractivity contribution is -0.128. The molecule has 1 heterocycles. The van der Waals surface area contributed by atoms with E-state index in [1.165, 1.54) is 18.6 Å². The lowest BCUT2D eigenvalue weighted by atomic mass is 10.1. The van der Waals surface area contributed by atoms with Crippen molar-refractivity contribution in [1.29, 1.82) is 0 Å². The summed E-state index contributed by atoms with van der Waals surface area (Å²) in [6.45, 7) is 3.41. The molecule has 0 radical (unpaired) electrons. The third-order valence-electron chi connectivity index (χ3n) is 3.97. The van der Waals surface area contributed by atoms with Gasteiger partial charge in [0.25, 0.3) is 0 Å². The summed E-state index contributed by atoms with van der Waals surface area (Å²) >= 11 is 0. The molecule has 2 fully saturated rings. The van der Waals surface area contributed by atoms with Crippen molar-refractivity contribution < 1.29 is 9.18 Å². The van der Waals surface area contributed by atoms with Gasteiger partial charge in [-0.05, 0) is 36.0 Å². The summed E-state index contributed by atoms with van der Waals surface area (Å²) in [5, 5.41) is 3.19. The number of nitrogens with zero attached hydrogens (tertiary/aromatic N) is 1. The Morgan fingerprint density at radius 2 is 2.06 bits per heavy atom. The lowest BCUT2D eigenvalue weighted by Gasteiger charge is -2.24. The molecule has 3 nitrogen and oxygen atoms in total. The van der Waals surface area contributed by atoms with Crippen molar-refractivity contribution in [2.45, 2.75) is 19.5 Å². The molecule has 1 saturated carbocycles. The van der Waals surface area contributed by atoms with Crippen LogP contribution in [0.5, 0.6) is 0 Å². The van der Waals surface area contributed by atoms with Gasteiger partial charge in [-0.1, -0.05) is 19.1 Å². The molecular formula is C14H17FN2O. The van der Waals surface area contributed by atoms with Crippen LogP contribution in [0, 0.1) is 17.7 Å². The second-order valence-electron chi connectivity index (χ2n) is 5.35. The Balaban J connectivity index is 1.77. The normalized spacial score (nSPS) is 30.9. The van der Waals surface area contributed by atoms with Crippen LogP contribution in [0.2, 0.25) is 0 Å². The third-order valence-corrected chi connectivity index (χ3v) is 3.97. The summed E-state index contributed by atoms with van der Waals surface area (Å²) in [5.74, 6) is 1.26. The van der Waals surface area contributed by atoms with Crippen LogP contribution in [0.4, 0.5) is 4.39 Å². The van der Waals surface area contributed by atoms with Gasteiger partial charge in [-0.3, -0.25) is 10.1 Å². The second-order valence-corrected chi connectivity index (χ2v) is 5.35. The fourth-order valence-electron chi connectivity index (χ4n) is 2.60. The SMILES string of the molecule is CC1CC1CN1C(=O)CNC1c1ccc(F)cc1. The van der Waals surface area contributed by atoms with Gasteiger partial charge in [-0.15, -0.1) is 0 Å². The molecule has 1 aromatic carbocycles. The number of carbonyl (C=O) groups excluding carboxylic acids is 1. The zero-order valence-electron chi connectivity index (χ0n) is 10.4. The van der Waals surface area contributed by atoms with E-state index in [1.807, 2.05) is 4.90 Å². The zero-order chi connectivity index (χ0) is 12.7. The number of halogens is 1. The van der Waals surface area contributed by atoms with Gasteiger partial charge in [0, 0.05) is 6.54 Å². The van der Waals surface area contributed by atoms with E-state index in [0.29, 0.717) is 12.5 Å². The average molecular weight is 248 g/mol. The van der Waals surface area contributed by atoms with Crippen molar-refractivity contribution in [2.24, 2.45) is 11.8 Å². The quantitative estimate of drug-likeness (QED) is 0.886. The fraction of sp³-hybridized carbons (Fsp3) is 0.500. The number of nitrogens with one attached hydrogen (secondary N) is 1. The third kappa shape index (κ3) is 2.12. The summed E-state index contributed by atoms with van der Waals surface area (Å²) < 4.78 is 12.9. The largest absolute Gasteiger partial charge is 0.322 e. The molecule has 1 amide bonds. The van der Waals surface area contributed by atoms with Gasteiger partial charge in [-0.25, -0.2) is 4.39 Å². The van der Waals surface area contributed by atoms with Crippen molar-refractivity contribution >= 4 is 5.91 Å². The van der Waals surface area contributed by atoms with Crippen LogP contribution < -0.4 is 5.32 Å². The van der Waals surface area contributed by atoms with Crippen LogP contribution in [0.25, 0.3) is 0 Å². The van der Waals surface area contributed by atoms with Crippen molar-refractivity contribution in [3.8, 4) is 0 Å². The molecule has 3 rings (SSSR count). The van der Waals surface area contributed by atoms with Gasteiger partial charge in [-0.2, -0.15) is 0 Å². The van der Waals surface area contributed by atoms with E-state index >= 15 is 0 Å². The smallest absolute Gasteiger partial charge is 0.238 e. The van der Waals surface area contributed by atoms with Gasteiger partial charge >= 0.3 is 0 Å². The molecule has 1 aliphatic carbocycles. The van der Waals surface area contributed by atoms with Crippen LogP contribution >= 0.6 is 0 Å². The molecular weight excluding hydrogens is 231 g/mol. The zero-order valence-corrected chi connectivity index (χ0v) is 10.4. The monoisotopic (exact) mass is 248 g/mol. The highest BCUT2D eigenvalue weighted by Gasteiger charge is 2.39. The van der Waals surface area contributed by atoms with E-state index in [-0.39, 0.29) is 17.9 Å². The molecule has 1 saturated heterocycles. The molecule has 0 spiro atoms. The van der Waals surface area contributed by atoms with Crippen LogP contribution in [-0.2, 0) is 4.79 Å². The number of hydrogen-bond acceptors (Lipinski definition) is 2. The minimum absolute atomic E-state index is 0.0918. The second kappa shape index (κ2) is 4.35. The maximum atomic E-state index is 12.9. The Labute approximate surface area is 106 Å². The predicted molar refractivity (Wildman–Crippen MR) is 66.1 cm³/mol. The van der Waals surface area contributed by atoms with E-state index in [9.17, 15) is 9.18 Å². The van der Waals surface area contributed by atoms with E-state index in [0.717, 1.165) is 18.0 Å². The molecule has 1 N–H and O–H groups in total. The highest BCUT2D eigenvalue weighted by molar-refractivity contribution is 5.81. The summed E-state index contributed by atoms with van der Waals surface area (Å²) in [6, 6.07) is 6.37. The van der Waals surface area contributed by atoms with Gasteiger partial charge in [0.2, 0.25) is 5.91 Å². The Kier molecular flexibility index (Phi) is 2.82. The molecule has 1 aliphatic heterocycles. The summed E-state index contributed by atoms with van der Waals surface area (Å²) in [7, 11) is 0. The predicted octanol–water partition coefficient (Wildman–Crippen LogP) is 1.91. The average Bonchev–Trinajstić information content (AvgIpc) is 2.93. The van der Waals surface area contributed by atoms with Gasteiger partial charge in [0.1, 0.15) is 12.0 Å². The van der Waals surface area contributed by atoms with Crippen LogP contribution in [0.1, 0.15) is 25.1 Å². The van der Waals surface area contributed by atoms with Crippen LogP contribution in [-0.4, -0.2) is 23.9 Å². The summed E-state index contributed by atoms with van der Waals surface area (Å²) in [6.07, 6.45) is 1.12. The minimum atomic E-state index is -0.245. The van der Waals surface area contributed by atoms with Crippen molar-refractivity contribution in [2.75, 3.05) is 13.1 Å². The molecule has 2 aliphatic rings. The molecule has 96 valence electrons. The first-order chi connectivity index (χ1) is 8.65. The van der Waals surface area contributed by atoms with Crippen LogP contribution in [0.3, 0.4) is 0 Å².